The highest BCUT2D eigenvalue weighted by molar-refractivity contribution is 4.99. The van der Waals surface area contributed by atoms with E-state index >= 15 is 0 Å². The number of aliphatic hydroxyl groups is 1. The molecule has 0 bridgehead atoms. The minimum atomic E-state index is -0.499. The summed E-state index contributed by atoms with van der Waals surface area (Å²) in [5.41, 5.74) is 0. The summed E-state index contributed by atoms with van der Waals surface area (Å²) < 4.78 is 15.7. The fourth-order valence-corrected chi connectivity index (χ4v) is 1.68. The van der Waals surface area contributed by atoms with Crippen molar-refractivity contribution in [1.29, 1.82) is 0 Å². The van der Waals surface area contributed by atoms with Gasteiger partial charge in [0.25, 0.3) is 0 Å². The van der Waals surface area contributed by atoms with Crippen molar-refractivity contribution in [3.05, 3.63) is 24.2 Å². The second-order valence-corrected chi connectivity index (χ2v) is 4.52. The predicted octanol–water partition coefficient (Wildman–Crippen LogP) is 1.21. The highest BCUT2D eigenvalue weighted by atomic mass is 16.5. The van der Waals surface area contributed by atoms with Gasteiger partial charge < -0.3 is 24.3 Å². The molecule has 0 spiro atoms. The Morgan fingerprint density at radius 2 is 2.16 bits per heavy atom. The minimum absolute atomic E-state index is 0.254. The first-order valence-corrected chi connectivity index (χ1v) is 6.81. The zero-order valence-corrected chi connectivity index (χ0v) is 11.8. The maximum Gasteiger partial charge on any atom is 0.105 e. The molecule has 0 aromatic carbocycles. The van der Waals surface area contributed by atoms with Crippen LogP contribution in [0.15, 0.2) is 22.8 Å². The van der Waals surface area contributed by atoms with Gasteiger partial charge in [-0.25, -0.2) is 0 Å². The van der Waals surface area contributed by atoms with Gasteiger partial charge in [-0.05, 0) is 26.0 Å². The molecule has 5 nitrogen and oxygen atoms in total. The van der Waals surface area contributed by atoms with Crippen LogP contribution >= 0.6 is 0 Å². The van der Waals surface area contributed by atoms with Crippen molar-refractivity contribution in [3.63, 3.8) is 0 Å². The highest BCUT2D eigenvalue weighted by Crippen LogP contribution is 2.03. The van der Waals surface area contributed by atoms with Crippen LogP contribution in [0.5, 0.6) is 0 Å². The van der Waals surface area contributed by atoms with Crippen LogP contribution in [0.2, 0.25) is 0 Å². The summed E-state index contributed by atoms with van der Waals surface area (Å²) in [4.78, 5) is 0. The lowest BCUT2D eigenvalue weighted by Crippen LogP contribution is -2.37. The molecule has 5 heteroatoms. The zero-order valence-electron chi connectivity index (χ0n) is 11.8. The fraction of sp³-hybridized carbons (Fsp3) is 0.714. The first kappa shape index (κ1) is 16.2. The fourth-order valence-electron chi connectivity index (χ4n) is 1.68. The van der Waals surface area contributed by atoms with E-state index in [1.807, 2.05) is 19.1 Å². The van der Waals surface area contributed by atoms with E-state index in [1.165, 1.54) is 0 Å². The van der Waals surface area contributed by atoms with E-state index in [0.29, 0.717) is 33.0 Å². The first-order valence-electron chi connectivity index (χ1n) is 6.81. The zero-order chi connectivity index (χ0) is 13.9. The molecular formula is C14H25NO4. The lowest BCUT2D eigenvalue weighted by atomic mass is 10.2. The Hall–Kier alpha value is -0.880. The van der Waals surface area contributed by atoms with Gasteiger partial charge in [-0.2, -0.15) is 0 Å². The largest absolute Gasteiger partial charge is 0.469 e. The van der Waals surface area contributed by atoms with Gasteiger partial charge in [0.1, 0.15) is 5.76 Å². The van der Waals surface area contributed by atoms with Gasteiger partial charge in [0.2, 0.25) is 0 Å². The van der Waals surface area contributed by atoms with Crippen LogP contribution in [0, 0.1) is 0 Å². The van der Waals surface area contributed by atoms with Crippen molar-refractivity contribution in [1.82, 2.24) is 5.32 Å². The molecule has 0 amide bonds. The van der Waals surface area contributed by atoms with Crippen molar-refractivity contribution in [2.75, 3.05) is 33.0 Å². The van der Waals surface area contributed by atoms with Gasteiger partial charge in [-0.1, -0.05) is 0 Å². The monoisotopic (exact) mass is 271 g/mol. The van der Waals surface area contributed by atoms with Crippen LogP contribution in [0.25, 0.3) is 0 Å². The molecule has 0 radical (unpaired) electrons. The van der Waals surface area contributed by atoms with Crippen molar-refractivity contribution < 1.29 is 19.0 Å². The second kappa shape index (κ2) is 9.97. The summed E-state index contributed by atoms with van der Waals surface area (Å²) >= 11 is 0. The molecule has 1 aromatic heterocycles. The van der Waals surface area contributed by atoms with Gasteiger partial charge in [-0.3, -0.25) is 0 Å². The maximum atomic E-state index is 9.73. The quantitative estimate of drug-likeness (QED) is 0.592. The summed E-state index contributed by atoms with van der Waals surface area (Å²) in [5, 5.41) is 13.0. The van der Waals surface area contributed by atoms with E-state index in [1.54, 1.807) is 6.26 Å². The normalized spacial score (nSPS) is 14.5. The predicted molar refractivity (Wildman–Crippen MR) is 73.2 cm³/mol. The lowest BCUT2D eigenvalue weighted by molar-refractivity contribution is 0.00584. The summed E-state index contributed by atoms with van der Waals surface area (Å²) in [6.45, 7) is 6.63. The molecule has 19 heavy (non-hydrogen) atoms. The number of rotatable bonds is 11. The molecule has 1 heterocycles. The van der Waals surface area contributed by atoms with Crippen molar-refractivity contribution in [2.45, 2.75) is 32.4 Å². The van der Waals surface area contributed by atoms with E-state index < -0.39 is 6.10 Å². The third-order valence-electron chi connectivity index (χ3n) is 2.68. The number of hydrogen-bond acceptors (Lipinski definition) is 5. The first-order chi connectivity index (χ1) is 9.22. The van der Waals surface area contributed by atoms with Crippen molar-refractivity contribution in [3.8, 4) is 0 Å². The van der Waals surface area contributed by atoms with E-state index in [4.69, 9.17) is 13.9 Å². The van der Waals surface area contributed by atoms with Gasteiger partial charge in [0.15, 0.2) is 0 Å². The molecule has 110 valence electrons. The lowest BCUT2D eigenvalue weighted by Gasteiger charge is -2.16. The summed E-state index contributed by atoms with van der Waals surface area (Å²) in [6, 6.07) is 4.08. The molecule has 1 aromatic rings. The number of furan rings is 1. The van der Waals surface area contributed by atoms with Crippen LogP contribution in [0.1, 0.15) is 19.6 Å². The maximum absolute atomic E-state index is 9.73. The van der Waals surface area contributed by atoms with Crippen LogP contribution in [0.4, 0.5) is 0 Å². The van der Waals surface area contributed by atoms with Gasteiger partial charge in [-0.15, -0.1) is 0 Å². The minimum Gasteiger partial charge on any atom is -0.469 e. The average Bonchev–Trinajstić information content (AvgIpc) is 2.89. The Kier molecular flexibility index (Phi) is 8.49. The summed E-state index contributed by atoms with van der Waals surface area (Å²) in [7, 11) is 0. The van der Waals surface area contributed by atoms with Crippen LogP contribution in [-0.4, -0.2) is 50.2 Å². The van der Waals surface area contributed by atoms with E-state index in [2.05, 4.69) is 12.2 Å². The van der Waals surface area contributed by atoms with Crippen molar-refractivity contribution in [2.24, 2.45) is 0 Å². The smallest absolute Gasteiger partial charge is 0.105 e. The van der Waals surface area contributed by atoms with Crippen LogP contribution in [-0.2, 0) is 15.9 Å². The summed E-state index contributed by atoms with van der Waals surface area (Å²) in [5.74, 6) is 0.947. The Morgan fingerprint density at radius 1 is 1.37 bits per heavy atom. The van der Waals surface area contributed by atoms with E-state index in [-0.39, 0.29) is 6.04 Å². The van der Waals surface area contributed by atoms with E-state index in [9.17, 15) is 5.11 Å². The highest BCUT2D eigenvalue weighted by Gasteiger charge is 2.09. The average molecular weight is 271 g/mol. The van der Waals surface area contributed by atoms with Crippen LogP contribution in [0.3, 0.4) is 0 Å². The van der Waals surface area contributed by atoms with Gasteiger partial charge in [0, 0.05) is 25.6 Å². The molecule has 0 fully saturated rings. The van der Waals surface area contributed by atoms with Gasteiger partial charge in [0.05, 0.1) is 32.2 Å². The van der Waals surface area contributed by atoms with E-state index in [0.717, 1.165) is 12.2 Å². The SMILES string of the molecule is CCOCCOCC(O)CNC(C)Cc1ccco1. The molecule has 0 saturated heterocycles. The molecule has 2 atom stereocenters. The molecule has 2 unspecified atom stereocenters. The summed E-state index contributed by atoms with van der Waals surface area (Å²) in [6.07, 6.45) is 1.98. The molecule has 2 N–H and O–H groups in total. The van der Waals surface area contributed by atoms with Crippen molar-refractivity contribution >= 4 is 0 Å². The Morgan fingerprint density at radius 3 is 2.84 bits per heavy atom. The second-order valence-electron chi connectivity index (χ2n) is 4.52. The molecule has 0 aliphatic heterocycles. The number of nitrogens with one attached hydrogen (secondary N) is 1. The molecule has 0 saturated carbocycles. The molecule has 0 aliphatic carbocycles. The number of hydrogen-bond donors (Lipinski definition) is 2. The topological polar surface area (TPSA) is 63.9 Å². The standard InChI is InChI=1S/C14H25NO4/c1-3-17-7-8-18-11-13(16)10-15-12(2)9-14-5-4-6-19-14/h4-6,12-13,15-16H,3,7-11H2,1-2H3. The number of ether oxygens (including phenoxy) is 2. The molecule has 0 aliphatic rings. The Balaban J connectivity index is 2.01. The van der Waals surface area contributed by atoms with Crippen LogP contribution < -0.4 is 5.32 Å². The number of aliphatic hydroxyl groups excluding tert-OH is 1. The third-order valence-corrected chi connectivity index (χ3v) is 2.68. The third kappa shape index (κ3) is 8.00. The molecular weight excluding hydrogens is 246 g/mol. The van der Waals surface area contributed by atoms with Gasteiger partial charge >= 0.3 is 0 Å². The Labute approximate surface area is 114 Å². The molecule has 1 rings (SSSR count). The Bertz CT molecular complexity index is 302.